The minimum atomic E-state index is 0.100. The number of H-pyrrole nitrogens is 1. The predicted molar refractivity (Wildman–Crippen MR) is 109 cm³/mol. The molecular weight excluding hydrogens is 352 g/mol. The van der Waals surface area contributed by atoms with Crippen LogP contribution in [0.15, 0.2) is 36.5 Å². The minimum absolute atomic E-state index is 0.100. The molecule has 6 heteroatoms. The molecule has 1 aromatic heterocycles. The van der Waals surface area contributed by atoms with Crippen LogP contribution in [-0.2, 0) is 9.53 Å². The van der Waals surface area contributed by atoms with Crippen molar-refractivity contribution in [3.63, 3.8) is 0 Å². The summed E-state index contributed by atoms with van der Waals surface area (Å²) < 4.78 is 5.77. The normalized spacial score (nSPS) is 26.4. The lowest BCUT2D eigenvalue weighted by atomic mass is 10.0. The maximum atomic E-state index is 13.0. The van der Waals surface area contributed by atoms with Gasteiger partial charge in [0.25, 0.3) is 0 Å². The van der Waals surface area contributed by atoms with Crippen LogP contribution in [0.25, 0.3) is 11.3 Å². The Kier molecular flexibility index (Phi) is 5.78. The average Bonchev–Trinajstić information content (AvgIpc) is 3.18. The van der Waals surface area contributed by atoms with Crippen LogP contribution in [0.1, 0.15) is 45.0 Å². The van der Waals surface area contributed by atoms with E-state index in [1.165, 1.54) is 6.42 Å². The standard InChI is InChI=1S/C22H30N4O2/c1-16-13-26(14-17(2)28-16)21(27)15-25-11-7-6-10-20(25)22-23-12-19(24-22)18-8-4-3-5-9-18/h3-5,8-9,12,16-17,20H,6-7,10-11,13-15H2,1-2H3,(H,23,24)/t16-,17-,20-/m1/s1. The SMILES string of the molecule is C[C@@H]1CN(C(=O)CN2CCCC[C@@H]2c2ncc(-c3ccccc3)[nH]2)C[C@@H](C)O1. The molecule has 6 nitrogen and oxygen atoms in total. The molecule has 2 aliphatic heterocycles. The van der Waals surface area contributed by atoms with Gasteiger partial charge in [0.1, 0.15) is 5.82 Å². The fraction of sp³-hybridized carbons (Fsp3) is 0.545. The topological polar surface area (TPSA) is 61.5 Å². The van der Waals surface area contributed by atoms with Crippen LogP contribution in [0.5, 0.6) is 0 Å². The number of likely N-dealkylation sites (tertiary alicyclic amines) is 1. The Hall–Kier alpha value is -2.18. The molecule has 2 aromatic rings. The molecule has 4 rings (SSSR count). The van der Waals surface area contributed by atoms with E-state index in [-0.39, 0.29) is 24.2 Å². The molecule has 0 bridgehead atoms. The molecule has 0 unspecified atom stereocenters. The number of hydrogen-bond acceptors (Lipinski definition) is 4. The Balaban J connectivity index is 1.46. The third-order valence-electron chi connectivity index (χ3n) is 5.72. The van der Waals surface area contributed by atoms with Crippen molar-refractivity contribution in [3.8, 4) is 11.3 Å². The summed E-state index contributed by atoms with van der Waals surface area (Å²) in [5.41, 5.74) is 2.17. The number of nitrogens with one attached hydrogen (secondary N) is 1. The molecule has 150 valence electrons. The Bertz CT molecular complexity index is 781. The summed E-state index contributed by atoms with van der Waals surface area (Å²) in [6.07, 6.45) is 5.44. The van der Waals surface area contributed by atoms with E-state index in [4.69, 9.17) is 4.74 Å². The van der Waals surface area contributed by atoms with E-state index in [1.807, 2.05) is 43.1 Å². The number of aromatic nitrogens is 2. The third-order valence-corrected chi connectivity index (χ3v) is 5.72. The Morgan fingerprint density at radius 1 is 1.18 bits per heavy atom. The van der Waals surface area contributed by atoms with Gasteiger partial charge in [0.2, 0.25) is 5.91 Å². The van der Waals surface area contributed by atoms with Crippen LogP contribution in [0, 0.1) is 0 Å². The van der Waals surface area contributed by atoms with Crippen LogP contribution in [0.3, 0.4) is 0 Å². The van der Waals surface area contributed by atoms with E-state index in [0.717, 1.165) is 36.5 Å². The molecule has 3 atom stereocenters. The van der Waals surface area contributed by atoms with Gasteiger partial charge in [-0.25, -0.2) is 4.98 Å². The van der Waals surface area contributed by atoms with Gasteiger partial charge in [-0.2, -0.15) is 0 Å². The first kappa shape index (κ1) is 19.2. The van der Waals surface area contributed by atoms with E-state index >= 15 is 0 Å². The summed E-state index contributed by atoms with van der Waals surface area (Å²) in [4.78, 5) is 25.4. The molecule has 2 fully saturated rings. The zero-order chi connectivity index (χ0) is 19.5. The number of ether oxygens (including phenoxy) is 1. The number of benzene rings is 1. The van der Waals surface area contributed by atoms with Crippen molar-refractivity contribution in [1.29, 1.82) is 0 Å². The van der Waals surface area contributed by atoms with Crippen molar-refractivity contribution in [2.24, 2.45) is 0 Å². The van der Waals surface area contributed by atoms with Crippen LogP contribution in [0.4, 0.5) is 0 Å². The van der Waals surface area contributed by atoms with Crippen molar-refractivity contribution < 1.29 is 9.53 Å². The molecule has 1 N–H and O–H groups in total. The molecule has 1 amide bonds. The van der Waals surface area contributed by atoms with Crippen LogP contribution < -0.4 is 0 Å². The smallest absolute Gasteiger partial charge is 0.236 e. The number of carbonyl (C=O) groups is 1. The maximum Gasteiger partial charge on any atom is 0.236 e. The van der Waals surface area contributed by atoms with Gasteiger partial charge in [-0.1, -0.05) is 36.8 Å². The highest BCUT2D eigenvalue weighted by Gasteiger charge is 2.31. The number of imidazole rings is 1. The Labute approximate surface area is 166 Å². The summed E-state index contributed by atoms with van der Waals surface area (Å²) in [5, 5.41) is 0. The molecule has 0 aliphatic carbocycles. The summed E-state index contributed by atoms with van der Waals surface area (Å²) in [6, 6.07) is 10.4. The summed E-state index contributed by atoms with van der Waals surface area (Å²) in [6.45, 7) is 6.82. The van der Waals surface area contributed by atoms with Gasteiger partial charge in [0, 0.05) is 13.1 Å². The van der Waals surface area contributed by atoms with E-state index in [0.29, 0.717) is 19.6 Å². The number of amides is 1. The second-order valence-corrected chi connectivity index (χ2v) is 8.09. The predicted octanol–water partition coefficient (Wildman–Crippen LogP) is 3.24. The van der Waals surface area contributed by atoms with Crippen molar-refractivity contribution >= 4 is 5.91 Å². The second-order valence-electron chi connectivity index (χ2n) is 8.09. The summed E-state index contributed by atoms with van der Waals surface area (Å²) in [5.74, 6) is 1.17. The van der Waals surface area contributed by atoms with Crippen molar-refractivity contribution in [3.05, 3.63) is 42.4 Å². The first-order chi connectivity index (χ1) is 13.6. The zero-order valence-electron chi connectivity index (χ0n) is 16.8. The van der Waals surface area contributed by atoms with Gasteiger partial charge in [-0.05, 0) is 38.8 Å². The van der Waals surface area contributed by atoms with E-state index in [1.54, 1.807) is 0 Å². The lowest BCUT2D eigenvalue weighted by Gasteiger charge is -2.39. The molecule has 2 aliphatic rings. The quantitative estimate of drug-likeness (QED) is 0.882. The van der Waals surface area contributed by atoms with Gasteiger partial charge >= 0.3 is 0 Å². The van der Waals surface area contributed by atoms with Crippen LogP contribution in [0.2, 0.25) is 0 Å². The molecule has 0 spiro atoms. The van der Waals surface area contributed by atoms with Crippen molar-refractivity contribution in [2.75, 3.05) is 26.2 Å². The van der Waals surface area contributed by atoms with E-state index in [2.05, 4.69) is 27.0 Å². The second kappa shape index (κ2) is 8.45. The van der Waals surface area contributed by atoms with Gasteiger partial charge in [-0.3, -0.25) is 9.69 Å². The van der Waals surface area contributed by atoms with Gasteiger partial charge in [-0.15, -0.1) is 0 Å². The highest BCUT2D eigenvalue weighted by atomic mass is 16.5. The van der Waals surface area contributed by atoms with Crippen molar-refractivity contribution in [2.45, 2.75) is 51.4 Å². The number of aromatic amines is 1. The zero-order valence-corrected chi connectivity index (χ0v) is 16.8. The van der Waals surface area contributed by atoms with Crippen molar-refractivity contribution in [1.82, 2.24) is 19.8 Å². The summed E-state index contributed by atoms with van der Waals surface area (Å²) >= 11 is 0. The van der Waals surface area contributed by atoms with Gasteiger partial charge in [0.05, 0.1) is 36.7 Å². The first-order valence-corrected chi connectivity index (χ1v) is 10.4. The number of piperidine rings is 1. The highest BCUT2D eigenvalue weighted by Crippen LogP contribution is 2.30. The van der Waals surface area contributed by atoms with E-state index in [9.17, 15) is 4.79 Å². The lowest BCUT2D eigenvalue weighted by molar-refractivity contribution is -0.145. The summed E-state index contributed by atoms with van der Waals surface area (Å²) in [7, 11) is 0. The minimum Gasteiger partial charge on any atom is -0.372 e. The maximum absolute atomic E-state index is 13.0. The molecule has 0 saturated carbocycles. The molecular formula is C22H30N4O2. The number of hydrogen-bond donors (Lipinski definition) is 1. The van der Waals surface area contributed by atoms with Crippen LogP contribution in [-0.4, -0.2) is 64.1 Å². The fourth-order valence-corrected chi connectivity index (χ4v) is 4.42. The Morgan fingerprint density at radius 3 is 2.68 bits per heavy atom. The molecule has 1 aromatic carbocycles. The van der Waals surface area contributed by atoms with Gasteiger partial charge in [0.15, 0.2) is 0 Å². The average molecular weight is 383 g/mol. The fourth-order valence-electron chi connectivity index (χ4n) is 4.42. The highest BCUT2D eigenvalue weighted by molar-refractivity contribution is 5.78. The number of carbonyl (C=O) groups excluding carboxylic acids is 1. The molecule has 3 heterocycles. The first-order valence-electron chi connectivity index (χ1n) is 10.4. The molecule has 2 saturated heterocycles. The molecule has 0 radical (unpaired) electrons. The largest absolute Gasteiger partial charge is 0.372 e. The lowest BCUT2D eigenvalue weighted by Crippen LogP contribution is -2.51. The molecule has 28 heavy (non-hydrogen) atoms. The Morgan fingerprint density at radius 2 is 1.93 bits per heavy atom. The van der Waals surface area contributed by atoms with E-state index < -0.39 is 0 Å². The number of nitrogens with zero attached hydrogens (tertiary/aromatic N) is 3. The number of rotatable bonds is 4. The van der Waals surface area contributed by atoms with Gasteiger partial charge < -0.3 is 14.6 Å². The third kappa shape index (κ3) is 4.28. The number of morpholine rings is 1. The monoisotopic (exact) mass is 382 g/mol. The van der Waals surface area contributed by atoms with Crippen LogP contribution >= 0.6 is 0 Å².